The van der Waals surface area contributed by atoms with Crippen LogP contribution in [0.1, 0.15) is 25.5 Å². The second-order valence-electron chi connectivity index (χ2n) is 2.86. The Labute approximate surface area is 77.1 Å². The van der Waals surface area contributed by atoms with E-state index in [1.165, 1.54) is 0 Å². The average Bonchev–Trinajstić information content (AvgIpc) is 2.52. The van der Waals surface area contributed by atoms with Crippen molar-refractivity contribution in [3.63, 3.8) is 0 Å². The fourth-order valence-electron chi connectivity index (χ4n) is 0.880. The van der Waals surface area contributed by atoms with Crippen molar-refractivity contribution in [1.29, 1.82) is 0 Å². The van der Waals surface area contributed by atoms with Crippen LogP contribution >= 0.6 is 0 Å². The second kappa shape index (κ2) is 4.59. The van der Waals surface area contributed by atoms with Crippen molar-refractivity contribution in [2.24, 2.45) is 0 Å². The van der Waals surface area contributed by atoms with Gasteiger partial charge in [0, 0.05) is 6.54 Å². The molecule has 13 heavy (non-hydrogen) atoms. The van der Waals surface area contributed by atoms with E-state index in [0.29, 0.717) is 6.54 Å². The summed E-state index contributed by atoms with van der Waals surface area (Å²) in [5.74, 6) is 0. The molecule has 1 N–H and O–H groups in total. The fourth-order valence-corrected chi connectivity index (χ4v) is 0.880. The van der Waals surface area contributed by atoms with Crippen LogP contribution < -0.4 is 5.32 Å². The Hall–Kier alpha value is -1.39. The van der Waals surface area contributed by atoms with E-state index >= 15 is 0 Å². The quantitative estimate of drug-likeness (QED) is 0.708. The second-order valence-corrected chi connectivity index (χ2v) is 2.86. The fraction of sp³-hybridized carbons (Fsp3) is 0.625. The summed E-state index contributed by atoms with van der Waals surface area (Å²) in [7, 11) is 0. The lowest BCUT2D eigenvalue weighted by atomic mass is 10.3. The van der Waals surface area contributed by atoms with E-state index in [1.807, 2.05) is 0 Å². The van der Waals surface area contributed by atoms with E-state index in [2.05, 4.69) is 22.4 Å². The van der Waals surface area contributed by atoms with E-state index in [4.69, 9.17) is 0 Å². The average molecular weight is 182 g/mol. The molecule has 0 spiro atoms. The van der Waals surface area contributed by atoms with Gasteiger partial charge in [-0.05, 0) is 13.3 Å². The standard InChI is InChI=1S/C8H14N4O/c1-3-4-5-9-8(13)12-10-6-7(2)11-12/h6H,3-5H2,1-2H3,(H,9,13). The number of amides is 1. The van der Waals surface area contributed by atoms with Crippen LogP contribution in [-0.4, -0.2) is 27.6 Å². The number of nitrogens with one attached hydrogen (secondary N) is 1. The summed E-state index contributed by atoms with van der Waals surface area (Å²) >= 11 is 0. The predicted octanol–water partition coefficient (Wildman–Crippen LogP) is 0.944. The molecule has 0 saturated heterocycles. The molecule has 0 fully saturated rings. The van der Waals surface area contributed by atoms with Gasteiger partial charge in [-0.1, -0.05) is 18.1 Å². The summed E-state index contributed by atoms with van der Waals surface area (Å²) in [4.78, 5) is 12.3. The van der Waals surface area contributed by atoms with Crippen LogP contribution in [0.25, 0.3) is 0 Å². The van der Waals surface area contributed by atoms with Crippen molar-refractivity contribution in [1.82, 2.24) is 20.3 Å². The summed E-state index contributed by atoms with van der Waals surface area (Å²) in [6.07, 6.45) is 3.59. The SMILES string of the molecule is CCCCNC(=O)n1ncc(C)n1. The number of hydrogen-bond acceptors (Lipinski definition) is 3. The molecule has 72 valence electrons. The smallest absolute Gasteiger partial charge is 0.335 e. The van der Waals surface area contributed by atoms with Gasteiger partial charge in [-0.25, -0.2) is 4.79 Å². The van der Waals surface area contributed by atoms with Crippen molar-refractivity contribution >= 4 is 6.03 Å². The van der Waals surface area contributed by atoms with Crippen molar-refractivity contribution in [2.75, 3.05) is 6.54 Å². The van der Waals surface area contributed by atoms with Gasteiger partial charge in [-0.3, -0.25) is 0 Å². The minimum absolute atomic E-state index is 0.262. The molecule has 0 aliphatic heterocycles. The first-order valence-corrected chi connectivity index (χ1v) is 4.41. The Balaban J connectivity index is 2.40. The highest BCUT2D eigenvalue weighted by atomic mass is 16.2. The molecule has 0 atom stereocenters. The summed E-state index contributed by atoms with van der Waals surface area (Å²) in [6, 6.07) is -0.262. The number of aromatic nitrogens is 3. The van der Waals surface area contributed by atoms with Crippen LogP contribution in [0.15, 0.2) is 6.20 Å². The molecule has 0 aromatic carbocycles. The number of hydrogen-bond donors (Lipinski definition) is 1. The Morgan fingerprint density at radius 3 is 3.00 bits per heavy atom. The molecule has 0 aliphatic carbocycles. The van der Waals surface area contributed by atoms with E-state index in [0.717, 1.165) is 23.3 Å². The molecule has 5 heteroatoms. The van der Waals surface area contributed by atoms with Crippen LogP contribution in [0.5, 0.6) is 0 Å². The van der Waals surface area contributed by atoms with Gasteiger partial charge in [0.2, 0.25) is 0 Å². The normalized spacial score (nSPS) is 10.0. The van der Waals surface area contributed by atoms with Crippen LogP contribution in [0.4, 0.5) is 4.79 Å². The highest BCUT2D eigenvalue weighted by Gasteiger charge is 2.04. The zero-order valence-electron chi connectivity index (χ0n) is 7.95. The molecule has 1 rings (SSSR count). The largest absolute Gasteiger partial charge is 0.359 e. The van der Waals surface area contributed by atoms with Crippen LogP contribution in [0, 0.1) is 6.92 Å². The topological polar surface area (TPSA) is 59.8 Å². The Kier molecular flexibility index (Phi) is 3.42. The summed E-state index contributed by atoms with van der Waals surface area (Å²) in [5.41, 5.74) is 0.741. The molecule has 1 aromatic heterocycles. The van der Waals surface area contributed by atoms with Gasteiger partial charge < -0.3 is 5.32 Å². The third-order valence-corrected chi connectivity index (χ3v) is 1.59. The molecule has 1 heterocycles. The molecule has 0 radical (unpaired) electrons. The minimum Gasteiger partial charge on any atom is -0.335 e. The highest BCUT2D eigenvalue weighted by molar-refractivity contribution is 5.74. The van der Waals surface area contributed by atoms with E-state index in [9.17, 15) is 4.79 Å². The number of unbranched alkanes of at least 4 members (excludes halogenated alkanes) is 1. The number of aryl methyl sites for hydroxylation is 1. The van der Waals surface area contributed by atoms with Crippen LogP contribution in [0.3, 0.4) is 0 Å². The van der Waals surface area contributed by atoms with Gasteiger partial charge in [0.1, 0.15) is 0 Å². The summed E-state index contributed by atoms with van der Waals surface area (Å²) < 4.78 is 0. The van der Waals surface area contributed by atoms with Gasteiger partial charge in [0.15, 0.2) is 0 Å². The van der Waals surface area contributed by atoms with E-state index in [1.54, 1.807) is 13.1 Å². The van der Waals surface area contributed by atoms with E-state index in [-0.39, 0.29) is 6.03 Å². The lowest BCUT2D eigenvalue weighted by Crippen LogP contribution is -2.31. The number of rotatable bonds is 3. The van der Waals surface area contributed by atoms with Gasteiger partial charge in [0.05, 0.1) is 11.9 Å². The first-order valence-electron chi connectivity index (χ1n) is 4.41. The molecule has 5 nitrogen and oxygen atoms in total. The Bertz CT molecular complexity index is 281. The molecule has 1 aromatic rings. The third-order valence-electron chi connectivity index (χ3n) is 1.59. The zero-order valence-corrected chi connectivity index (χ0v) is 7.95. The Morgan fingerprint density at radius 2 is 2.46 bits per heavy atom. The molecule has 0 bridgehead atoms. The summed E-state index contributed by atoms with van der Waals surface area (Å²) in [6.45, 7) is 4.54. The number of carbonyl (C=O) groups is 1. The first-order chi connectivity index (χ1) is 6.24. The number of carbonyl (C=O) groups excluding carboxylic acids is 1. The maximum Gasteiger partial charge on any atom is 0.359 e. The zero-order chi connectivity index (χ0) is 9.68. The van der Waals surface area contributed by atoms with Crippen molar-refractivity contribution < 1.29 is 4.79 Å². The molecular weight excluding hydrogens is 168 g/mol. The molecule has 0 aliphatic rings. The van der Waals surface area contributed by atoms with Gasteiger partial charge in [-0.2, -0.15) is 5.10 Å². The van der Waals surface area contributed by atoms with E-state index < -0.39 is 0 Å². The predicted molar refractivity (Wildman–Crippen MR) is 48.5 cm³/mol. The van der Waals surface area contributed by atoms with Crippen molar-refractivity contribution in [3.8, 4) is 0 Å². The lowest BCUT2D eigenvalue weighted by molar-refractivity contribution is 0.236. The van der Waals surface area contributed by atoms with Gasteiger partial charge in [-0.15, -0.1) is 5.10 Å². The maximum absolute atomic E-state index is 11.3. The molecule has 0 saturated carbocycles. The van der Waals surface area contributed by atoms with Crippen molar-refractivity contribution in [2.45, 2.75) is 26.7 Å². The Morgan fingerprint density at radius 1 is 1.69 bits per heavy atom. The highest BCUT2D eigenvalue weighted by Crippen LogP contribution is 1.87. The van der Waals surface area contributed by atoms with Gasteiger partial charge >= 0.3 is 6.03 Å². The monoisotopic (exact) mass is 182 g/mol. The summed E-state index contributed by atoms with van der Waals surface area (Å²) in [5, 5.41) is 10.4. The van der Waals surface area contributed by atoms with Gasteiger partial charge in [0.25, 0.3) is 0 Å². The third kappa shape index (κ3) is 2.85. The first kappa shape index (κ1) is 9.70. The molecular formula is C8H14N4O. The molecule has 0 unspecified atom stereocenters. The van der Waals surface area contributed by atoms with Crippen molar-refractivity contribution in [3.05, 3.63) is 11.9 Å². The minimum atomic E-state index is -0.262. The molecule has 1 amide bonds. The lowest BCUT2D eigenvalue weighted by Gasteiger charge is -2.01. The van der Waals surface area contributed by atoms with Crippen LogP contribution in [-0.2, 0) is 0 Å². The number of nitrogens with zero attached hydrogens (tertiary/aromatic N) is 3. The van der Waals surface area contributed by atoms with Crippen LogP contribution in [0.2, 0.25) is 0 Å². The maximum atomic E-state index is 11.3.